The Morgan fingerprint density at radius 2 is 1.83 bits per heavy atom. The van der Waals surface area contributed by atoms with E-state index < -0.39 is 0 Å². The molecule has 2 aliphatic rings. The summed E-state index contributed by atoms with van der Waals surface area (Å²) in [5, 5.41) is 31.6. The molecule has 1 aromatic carbocycles. The standard InChI is InChI=1S/C26H38O3/c1-4-5-6-7-11-26(12-8-13-26)20-15-23(28)25(24(29)16-20)22-14-19(17-27)9-10-21(22)18(2)3/h14-16,21-22,27-29H,2,4-13,17H2,1,3H3/t21-,22+/m1/s1. The Morgan fingerprint density at radius 1 is 1.14 bits per heavy atom. The first kappa shape index (κ1) is 22.0. The van der Waals surface area contributed by atoms with E-state index in [1.54, 1.807) is 0 Å². The van der Waals surface area contributed by atoms with Crippen LogP contribution in [0.1, 0.15) is 95.1 Å². The maximum absolute atomic E-state index is 11.0. The van der Waals surface area contributed by atoms with Gasteiger partial charge in [-0.3, -0.25) is 0 Å². The summed E-state index contributed by atoms with van der Waals surface area (Å²) >= 11 is 0. The van der Waals surface area contributed by atoms with Crippen molar-refractivity contribution in [3.8, 4) is 11.5 Å². The van der Waals surface area contributed by atoms with E-state index in [2.05, 4.69) is 13.5 Å². The molecule has 1 fully saturated rings. The number of aromatic hydroxyl groups is 2. The smallest absolute Gasteiger partial charge is 0.123 e. The van der Waals surface area contributed by atoms with Crippen LogP contribution >= 0.6 is 0 Å². The van der Waals surface area contributed by atoms with Crippen LogP contribution < -0.4 is 0 Å². The van der Waals surface area contributed by atoms with E-state index in [1.807, 2.05) is 25.1 Å². The highest BCUT2D eigenvalue weighted by Crippen LogP contribution is 2.52. The SMILES string of the molecule is C=C(C)[C@H]1CCC(CO)=C[C@@H]1c1c(O)cc(C2(CCCCCC)CCC2)cc1O. The lowest BCUT2D eigenvalue weighted by Crippen LogP contribution is -2.34. The number of hydrogen-bond donors (Lipinski definition) is 3. The summed E-state index contributed by atoms with van der Waals surface area (Å²) in [5.74, 6) is 0.400. The minimum atomic E-state index is -0.139. The van der Waals surface area contributed by atoms with Crippen molar-refractivity contribution < 1.29 is 15.3 Å². The molecule has 3 rings (SSSR count). The maximum Gasteiger partial charge on any atom is 0.123 e. The third-order valence-electron chi connectivity index (χ3n) is 7.36. The number of hydrogen-bond acceptors (Lipinski definition) is 3. The van der Waals surface area contributed by atoms with Gasteiger partial charge in [0.1, 0.15) is 11.5 Å². The van der Waals surface area contributed by atoms with Crippen molar-refractivity contribution >= 4 is 0 Å². The molecule has 1 aromatic rings. The fourth-order valence-corrected chi connectivity index (χ4v) is 5.39. The molecule has 0 unspecified atom stereocenters. The van der Waals surface area contributed by atoms with Gasteiger partial charge in [0.2, 0.25) is 0 Å². The molecule has 0 aliphatic heterocycles. The topological polar surface area (TPSA) is 60.7 Å². The molecule has 0 saturated heterocycles. The molecule has 0 radical (unpaired) electrons. The van der Waals surface area contributed by atoms with E-state index in [0.717, 1.165) is 48.8 Å². The highest BCUT2D eigenvalue weighted by molar-refractivity contribution is 5.53. The van der Waals surface area contributed by atoms with Crippen molar-refractivity contribution in [3.05, 3.63) is 47.1 Å². The molecule has 3 N–H and O–H groups in total. The first-order chi connectivity index (χ1) is 13.9. The number of rotatable bonds is 9. The lowest BCUT2D eigenvalue weighted by Gasteiger charge is -2.43. The number of aliphatic hydroxyl groups excluding tert-OH is 1. The Hall–Kier alpha value is -1.74. The van der Waals surface area contributed by atoms with E-state index in [0.29, 0.717) is 5.56 Å². The molecular weight excluding hydrogens is 360 g/mol. The van der Waals surface area contributed by atoms with E-state index >= 15 is 0 Å². The third-order valence-corrected chi connectivity index (χ3v) is 7.36. The molecule has 3 heteroatoms. The minimum Gasteiger partial charge on any atom is -0.507 e. The van der Waals surface area contributed by atoms with Crippen LogP contribution in [0.5, 0.6) is 11.5 Å². The van der Waals surface area contributed by atoms with E-state index in [9.17, 15) is 15.3 Å². The van der Waals surface area contributed by atoms with Crippen molar-refractivity contribution in [2.24, 2.45) is 5.92 Å². The Labute approximate surface area is 176 Å². The summed E-state index contributed by atoms with van der Waals surface area (Å²) in [6, 6.07) is 3.81. The summed E-state index contributed by atoms with van der Waals surface area (Å²) in [6.07, 6.45) is 13.4. The first-order valence-electron chi connectivity index (χ1n) is 11.4. The molecule has 0 spiro atoms. The number of phenolic OH excluding ortho intramolecular Hbond substituents is 2. The fourth-order valence-electron chi connectivity index (χ4n) is 5.39. The van der Waals surface area contributed by atoms with Crippen LogP contribution in [0, 0.1) is 5.92 Å². The van der Waals surface area contributed by atoms with Crippen LogP contribution in [-0.2, 0) is 5.41 Å². The summed E-state index contributed by atoms with van der Waals surface area (Å²) in [5.41, 5.74) is 3.83. The van der Waals surface area contributed by atoms with Crippen molar-refractivity contribution in [3.63, 3.8) is 0 Å². The molecule has 2 aliphatic carbocycles. The number of aliphatic hydroxyl groups is 1. The molecule has 0 bridgehead atoms. The summed E-state index contributed by atoms with van der Waals surface area (Å²) in [4.78, 5) is 0. The Bertz CT molecular complexity index is 734. The second kappa shape index (κ2) is 9.38. The number of benzene rings is 1. The molecule has 0 heterocycles. The largest absolute Gasteiger partial charge is 0.507 e. The zero-order valence-corrected chi connectivity index (χ0v) is 18.2. The van der Waals surface area contributed by atoms with Gasteiger partial charge < -0.3 is 15.3 Å². The van der Waals surface area contributed by atoms with Crippen LogP contribution in [0.25, 0.3) is 0 Å². The Kier molecular flexibility index (Phi) is 7.10. The van der Waals surface area contributed by atoms with E-state index in [4.69, 9.17) is 0 Å². The molecule has 1 saturated carbocycles. The molecule has 3 nitrogen and oxygen atoms in total. The molecule has 29 heavy (non-hydrogen) atoms. The summed E-state index contributed by atoms with van der Waals surface area (Å²) in [7, 11) is 0. The van der Waals surface area contributed by atoms with Gasteiger partial charge in [0.25, 0.3) is 0 Å². The molecule has 160 valence electrons. The highest BCUT2D eigenvalue weighted by atomic mass is 16.3. The van der Waals surface area contributed by atoms with Gasteiger partial charge in [0.05, 0.1) is 6.61 Å². The van der Waals surface area contributed by atoms with Crippen LogP contribution in [-0.4, -0.2) is 21.9 Å². The number of allylic oxidation sites excluding steroid dienone is 2. The minimum absolute atomic E-state index is 0.0277. The first-order valence-corrected chi connectivity index (χ1v) is 11.4. The summed E-state index contributed by atoms with van der Waals surface area (Å²) in [6.45, 7) is 8.41. The van der Waals surface area contributed by atoms with Crippen LogP contribution in [0.2, 0.25) is 0 Å². The van der Waals surface area contributed by atoms with Gasteiger partial charge in [-0.25, -0.2) is 0 Å². The van der Waals surface area contributed by atoms with Crippen LogP contribution in [0.3, 0.4) is 0 Å². The molecule has 0 aromatic heterocycles. The lowest BCUT2D eigenvalue weighted by molar-refractivity contribution is 0.217. The monoisotopic (exact) mass is 398 g/mol. The fraction of sp³-hybridized carbons (Fsp3) is 0.615. The third kappa shape index (κ3) is 4.55. The average molecular weight is 399 g/mol. The van der Waals surface area contributed by atoms with Gasteiger partial charge in [0, 0.05) is 11.5 Å². The Balaban J connectivity index is 1.91. The zero-order valence-electron chi connectivity index (χ0n) is 18.2. The van der Waals surface area contributed by atoms with Gasteiger partial charge >= 0.3 is 0 Å². The normalized spacial score (nSPS) is 23.3. The second-order valence-electron chi connectivity index (χ2n) is 9.37. The number of unbranched alkanes of at least 4 members (excludes halogenated alkanes) is 3. The maximum atomic E-state index is 11.0. The average Bonchev–Trinajstić information content (AvgIpc) is 2.66. The van der Waals surface area contributed by atoms with Gasteiger partial charge in [0.15, 0.2) is 0 Å². The van der Waals surface area contributed by atoms with Crippen LogP contribution in [0.15, 0.2) is 35.9 Å². The number of phenols is 2. The molecule has 2 atom stereocenters. The predicted molar refractivity (Wildman–Crippen MR) is 120 cm³/mol. The quantitative estimate of drug-likeness (QED) is 0.329. The predicted octanol–water partition coefficient (Wildman–Crippen LogP) is 6.48. The van der Waals surface area contributed by atoms with Gasteiger partial charge in [-0.1, -0.05) is 57.3 Å². The molecular formula is C26H38O3. The van der Waals surface area contributed by atoms with E-state index in [-0.39, 0.29) is 35.4 Å². The van der Waals surface area contributed by atoms with E-state index in [1.165, 1.54) is 32.1 Å². The molecule has 0 amide bonds. The van der Waals surface area contributed by atoms with Gasteiger partial charge in [-0.05, 0) is 73.6 Å². The van der Waals surface area contributed by atoms with Crippen LogP contribution in [0.4, 0.5) is 0 Å². The van der Waals surface area contributed by atoms with Crippen molar-refractivity contribution in [1.29, 1.82) is 0 Å². The van der Waals surface area contributed by atoms with Crippen molar-refractivity contribution in [1.82, 2.24) is 0 Å². The van der Waals surface area contributed by atoms with Gasteiger partial charge in [-0.15, -0.1) is 0 Å². The summed E-state index contributed by atoms with van der Waals surface area (Å²) < 4.78 is 0. The Morgan fingerprint density at radius 3 is 2.34 bits per heavy atom. The van der Waals surface area contributed by atoms with Crippen molar-refractivity contribution in [2.75, 3.05) is 6.61 Å². The second-order valence-corrected chi connectivity index (χ2v) is 9.37. The lowest BCUT2D eigenvalue weighted by atomic mass is 9.61. The van der Waals surface area contributed by atoms with Crippen molar-refractivity contribution in [2.45, 2.75) is 89.4 Å². The zero-order chi connectivity index (χ0) is 21.0. The van der Waals surface area contributed by atoms with Gasteiger partial charge in [-0.2, -0.15) is 0 Å². The highest BCUT2D eigenvalue weighted by Gasteiger charge is 2.39.